The zero-order valence-electron chi connectivity index (χ0n) is 9.25. The van der Waals surface area contributed by atoms with Crippen molar-refractivity contribution >= 4 is 0 Å². The monoisotopic (exact) mass is 186 g/mol. The normalized spacial score (nSPS) is 18.1. The first kappa shape index (κ1) is 10.8. The lowest BCUT2D eigenvalue weighted by Gasteiger charge is -2.03. The van der Waals surface area contributed by atoms with Crippen LogP contribution in [-0.2, 0) is 0 Å². The summed E-state index contributed by atoms with van der Waals surface area (Å²) < 4.78 is 0. The third kappa shape index (κ3) is 2.59. The van der Waals surface area contributed by atoms with E-state index in [1.54, 1.807) is 0 Å². The molecule has 0 unspecified atom stereocenters. The molecule has 0 spiro atoms. The van der Waals surface area contributed by atoms with Crippen molar-refractivity contribution in [3.05, 3.63) is 59.3 Å². The average molecular weight is 186 g/mol. The maximum atomic E-state index is 2.20. The van der Waals surface area contributed by atoms with E-state index in [1.165, 1.54) is 16.7 Å². The van der Waals surface area contributed by atoms with E-state index in [0.29, 0.717) is 0 Å². The minimum absolute atomic E-state index is 1.08. The average Bonchev–Trinajstić information content (AvgIpc) is 2.55. The Morgan fingerprint density at radius 3 is 2.43 bits per heavy atom. The Morgan fingerprint density at radius 2 is 1.64 bits per heavy atom. The van der Waals surface area contributed by atoms with E-state index in [4.69, 9.17) is 0 Å². The molecule has 2 aliphatic carbocycles. The smallest absolute Gasteiger partial charge is 0.00232 e. The van der Waals surface area contributed by atoms with Crippen LogP contribution in [-0.4, -0.2) is 0 Å². The predicted octanol–water partition coefficient (Wildman–Crippen LogP) is 4.34. The van der Waals surface area contributed by atoms with Crippen molar-refractivity contribution in [2.75, 3.05) is 0 Å². The first-order valence-electron chi connectivity index (χ1n) is 5.28. The van der Waals surface area contributed by atoms with Crippen LogP contribution in [0.1, 0.15) is 27.2 Å². The van der Waals surface area contributed by atoms with E-state index in [1.807, 2.05) is 13.8 Å². The van der Waals surface area contributed by atoms with Crippen LogP contribution in [0.4, 0.5) is 0 Å². The molecule has 0 saturated carbocycles. The molecule has 2 rings (SSSR count). The van der Waals surface area contributed by atoms with Gasteiger partial charge in [-0.15, -0.1) is 0 Å². The summed E-state index contributed by atoms with van der Waals surface area (Å²) in [4.78, 5) is 0. The standard InChI is InChI=1S/C12H12.C2H6/c1-10-5-4-7-11-6-2-3-8-12(10)9-11;1-2/h2-8H,9H2,1H3;1-2H3. The van der Waals surface area contributed by atoms with Crippen molar-refractivity contribution in [3.63, 3.8) is 0 Å². The minimum atomic E-state index is 1.08. The van der Waals surface area contributed by atoms with Gasteiger partial charge < -0.3 is 0 Å². The highest BCUT2D eigenvalue weighted by Crippen LogP contribution is 2.24. The SMILES string of the molecule is CC.CC1=CC=CC2=CC=CC=C1C2. The van der Waals surface area contributed by atoms with Gasteiger partial charge in [0.15, 0.2) is 0 Å². The molecule has 0 fully saturated rings. The molecule has 2 aliphatic rings. The second-order valence-corrected chi connectivity index (χ2v) is 3.20. The molecule has 0 aromatic carbocycles. The molecular weight excluding hydrogens is 168 g/mol. The summed E-state index contributed by atoms with van der Waals surface area (Å²) in [6.07, 6.45) is 16.1. The summed E-state index contributed by atoms with van der Waals surface area (Å²) in [6.45, 7) is 6.16. The molecule has 0 saturated heterocycles. The van der Waals surface area contributed by atoms with Crippen LogP contribution in [0.5, 0.6) is 0 Å². The highest BCUT2D eigenvalue weighted by Gasteiger charge is 2.05. The Bertz CT molecular complexity index is 333. The van der Waals surface area contributed by atoms with E-state index in [9.17, 15) is 0 Å². The minimum Gasteiger partial charge on any atom is -0.0683 e. The number of rotatable bonds is 0. The van der Waals surface area contributed by atoms with Gasteiger partial charge in [0.1, 0.15) is 0 Å². The Morgan fingerprint density at radius 1 is 0.929 bits per heavy atom. The molecule has 0 aromatic rings. The lowest BCUT2D eigenvalue weighted by molar-refractivity contribution is 1.17. The predicted molar refractivity (Wildman–Crippen MR) is 64.2 cm³/mol. The van der Waals surface area contributed by atoms with Gasteiger partial charge in [0.25, 0.3) is 0 Å². The molecule has 0 N–H and O–H groups in total. The van der Waals surface area contributed by atoms with Gasteiger partial charge >= 0.3 is 0 Å². The molecule has 0 atom stereocenters. The molecule has 0 radical (unpaired) electrons. The maximum absolute atomic E-state index is 2.20. The summed E-state index contributed by atoms with van der Waals surface area (Å²) in [6, 6.07) is 0. The van der Waals surface area contributed by atoms with Gasteiger partial charge in [-0.2, -0.15) is 0 Å². The zero-order valence-corrected chi connectivity index (χ0v) is 9.25. The highest BCUT2D eigenvalue weighted by atomic mass is 14.1. The fourth-order valence-corrected chi connectivity index (χ4v) is 1.50. The molecule has 14 heavy (non-hydrogen) atoms. The molecule has 0 heterocycles. The van der Waals surface area contributed by atoms with Gasteiger partial charge in [-0.1, -0.05) is 56.4 Å². The second kappa shape index (κ2) is 5.43. The topological polar surface area (TPSA) is 0 Å². The lowest BCUT2D eigenvalue weighted by Crippen LogP contribution is -1.84. The summed E-state index contributed by atoms with van der Waals surface area (Å²) >= 11 is 0. The van der Waals surface area contributed by atoms with Crippen LogP contribution in [0.15, 0.2) is 59.3 Å². The van der Waals surface area contributed by atoms with Crippen LogP contribution in [0, 0.1) is 0 Å². The van der Waals surface area contributed by atoms with Crippen molar-refractivity contribution in [2.45, 2.75) is 27.2 Å². The molecule has 0 aromatic heterocycles. The molecule has 0 amide bonds. The zero-order chi connectivity index (χ0) is 10.4. The first-order chi connectivity index (χ1) is 6.86. The Hall–Kier alpha value is -1.30. The molecule has 0 heteroatoms. The Kier molecular flexibility index (Phi) is 4.18. The van der Waals surface area contributed by atoms with Crippen LogP contribution in [0.3, 0.4) is 0 Å². The van der Waals surface area contributed by atoms with Crippen LogP contribution >= 0.6 is 0 Å². The fourth-order valence-electron chi connectivity index (χ4n) is 1.50. The lowest BCUT2D eigenvalue weighted by atomic mass is 10.0. The molecule has 74 valence electrons. The number of hydrogen-bond donors (Lipinski definition) is 0. The summed E-state index contributed by atoms with van der Waals surface area (Å²) in [5.41, 5.74) is 4.20. The number of hydrogen-bond acceptors (Lipinski definition) is 0. The van der Waals surface area contributed by atoms with E-state index in [-0.39, 0.29) is 0 Å². The maximum Gasteiger partial charge on any atom is -0.00232 e. The number of fused-ring (bicyclic) bond motifs is 2. The van der Waals surface area contributed by atoms with E-state index >= 15 is 0 Å². The van der Waals surface area contributed by atoms with Gasteiger partial charge in [0.2, 0.25) is 0 Å². The molecule has 2 bridgehead atoms. The quantitative estimate of drug-likeness (QED) is 0.528. The first-order valence-corrected chi connectivity index (χ1v) is 5.28. The molecule has 0 aliphatic heterocycles. The summed E-state index contributed by atoms with van der Waals surface area (Å²) in [5.74, 6) is 0. The highest BCUT2D eigenvalue weighted by molar-refractivity contribution is 5.46. The summed E-state index contributed by atoms with van der Waals surface area (Å²) in [7, 11) is 0. The summed E-state index contributed by atoms with van der Waals surface area (Å²) in [5, 5.41) is 0. The van der Waals surface area contributed by atoms with Crippen LogP contribution in [0.25, 0.3) is 0 Å². The van der Waals surface area contributed by atoms with Gasteiger partial charge in [-0.25, -0.2) is 0 Å². The second-order valence-electron chi connectivity index (χ2n) is 3.20. The third-order valence-corrected chi connectivity index (χ3v) is 2.28. The fraction of sp³-hybridized carbons (Fsp3) is 0.286. The van der Waals surface area contributed by atoms with Crippen molar-refractivity contribution < 1.29 is 0 Å². The third-order valence-electron chi connectivity index (χ3n) is 2.28. The van der Waals surface area contributed by atoms with E-state index in [2.05, 4.69) is 49.5 Å². The largest absolute Gasteiger partial charge is 0.0683 e. The Balaban J connectivity index is 0.000000461. The number of allylic oxidation sites excluding steroid dienone is 10. The molecule has 0 nitrogen and oxygen atoms in total. The van der Waals surface area contributed by atoms with Gasteiger partial charge in [0, 0.05) is 0 Å². The van der Waals surface area contributed by atoms with Crippen molar-refractivity contribution in [1.82, 2.24) is 0 Å². The van der Waals surface area contributed by atoms with Crippen molar-refractivity contribution in [2.24, 2.45) is 0 Å². The van der Waals surface area contributed by atoms with E-state index < -0.39 is 0 Å². The molecular formula is C14H18. The van der Waals surface area contributed by atoms with Gasteiger partial charge in [-0.05, 0) is 30.1 Å². The van der Waals surface area contributed by atoms with Crippen LogP contribution in [0.2, 0.25) is 0 Å². The van der Waals surface area contributed by atoms with Gasteiger partial charge in [-0.3, -0.25) is 0 Å². The van der Waals surface area contributed by atoms with Crippen molar-refractivity contribution in [3.8, 4) is 0 Å². The van der Waals surface area contributed by atoms with Crippen molar-refractivity contribution in [1.29, 1.82) is 0 Å². The Labute approximate surface area is 87.0 Å². The van der Waals surface area contributed by atoms with E-state index in [0.717, 1.165) is 6.42 Å². The van der Waals surface area contributed by atoms with Gasteiger partial charge in [0.05, 0.1) is 0 Å². The van der Waals surface area contributed by atoms with Crippen LogP contribution < -0.4 is 0 Å².